The van der Waals surface area contributed by atoms with Crippen LogP contribution in [0.2, 0.25) is 0 Å². The van der Waals surface area contributed by atoms with Crippen molar-refractivity contribution < 1.29 is 0 Å². The Morgan fingerprint density at radius 2 is 2.00 bits per heavy atom. The van der Waals surface area contributed by atoms with Crippen molar-refractivity contribution in [2.45, 2.75) is 33.1 Å². The third-order valence-electron chi connectivity index (χ3n) is 3.74. The van der Waals surface area contributed by atoms with E-state index >= 15 is 0 Å². The average Bonchev–Trinajstić information content (AvgIpc) is 2.88. The Morgan fingerprint density at radius 1 is 1.26 bits per heavy atom. The van der Waals surface area contributed by atoms with Gasteiger partial charge in [-0.2, -0.15) is 0 Å². The molecule has 1 atom stereocenters. The summed E-state index contributed by atoms with van der Waals surface area (Å²) in [5.74, 6) is 0.849. The molecule has 1 aromatic carbocycles. The lowest BCUT2D eigenvalue weighted by Gasteiger charge is -2.21. The van der Waals surface area contributed by atoms with Crippen LogP contribution in [0.1, 0.15) is 37.9 Å². The van der Waals surface area contributed by atoms with Crippen LogP contribution in [-0.2, 0) is 6.42 Å². The normalized spacial score (nSPS) is 12.9. The van der Waals surface area contributed by atoms with Crippen molar-refractivity contribution in [2.24, 2.45) is 11.7 Å². The van der Waals surface area contributed by atoms with E-state index in [0.29, 0.717) is 18.4 Å². The zero-order valence-electron chi connectivity index (χ0n) is 12.0. The number of hydrogen-bond donors (Lipinski definition) is 1. The average molecular weight is 257 g/mol. The van der Waals surface area contributed by atoms with Gasteiger partial charge < -0.3 is 10.3 Å². The van der Waals surface area contributed by atoms with Crippen LogP contribution in [0.5, 0.6) is 0 Å². The van der Waals surface area contributed by atoms with Crippen LogP contribution in [0.4, 0.5) is 0 Å². The highest BCUT2D eigenvalue weighted by atomic mass is 15.1. The molecule has 19 heavy (non-hydrogen) atoms. The summed E-state index contributed by atoms with van der Waals surface area (Å²) in [6.07, 6.45) is 4.86. The minimum Gasteiger partial charge on any atom is -0.330 e. The van der Waals surface area contributed by atoms with Crippen molar-refractivity contribution in [1.29, 1.82) is 0 Å². The Balaban J connectivity index is 2.49. The lowest BCUT2D eigenvalue weighted by Crippen LogP contribution is -2.20. The van der Waals surface area contributed by atoms with Gasteiger partial charge >= 0.3 is 0 Å². The molecule has 1 aromatic heterocycles. The maximum absolute atomic E-state index is 5.94. The van der Waals surface area contributed by atoms with Crippen LogP contribution in [0.3, 0.4) is 0 Å². The molecule has 0 aliphatic heterocycles. The van der Waals surface area contributed by atoms with E-state index in [1.165, 1.54) is 16.9 Å². The van der Waals surface area contributed by atoms with Crippen LogP contribution in [0.15, 0.2) is 36.8 Å². The number of hydrogen-bond acceptors (Lipinski definition) is 2. The van der Waals surface area contributed by atoms with E-state index in [4.69, 9.17) is 5.73 Å². The quantitative estimate of drug-likeness (QED) is 0.894. The first kappa shape index (κ1) is 13.8. The molecule has 2 rings (SSSR count). The van der Waals surface area contributed by atoms with Gasteiger partial charge in [0.1, 0.15) is 0 Å². The lowest BCUT2D eigenvalue weighted by molar-refractivity contribution is 0.489. The number of rotatable bonds is 5. The van der Waals surface area contributed by atoms with E-state index < -0.39 is 0 Å². The topological polar surface area (TPSA) is 43.8 Å². The number of benzene rings is 1. The zero-order chi connectivity index (χ0) is 13.8. The van der Waals surface area contributed by atoms with Gasteiger partial charge in [0.25, 0.3) is 0 Å². The summed E-state index contributed by atoms with van der Waals surface area (Å²) in [4.78, 5) is 4.33. The van der Waals surface area contributed by atoms with Gasteiger partial charge in [0.05, 0.1) is 6.33 Å². The predicted molar refractivity (Wildman–Crippen MR) is 79.6 cm³/mol. The van der Waals surface area contributed by atoms with Crippen LogP contribution in [-0.4, -0.2) is 16.1 Å². The molecule has 0 amide bonds. The fourth-order valence-corrected chi connectivity index (χ4v) is 2.56. The van der Waals surface area contributed by atoms with Gasteiger partial charge in [0.2, 0.25) is 0 Å². The molecule has 102 valence electrons. The lowest BCUT2D eigenvalue weighted by atomic mass is 9.92. The molecule has 0 bridgehead atoms. The standard InChI is InChI=1S/C16H23N3/c1-4-13-7-5-6-8-15(13)19-11-18-10-16(19)14(9-17)12(2)3/h5-8,10-12,14H,4,9,17H2,1-3H3. The number of aromatic nitrogens is 2. The maximum atomic E-state index is 5.94. The van der Waals surface area contributed by atoms with Crippen molar-refractivity contribution in [3.05, 3.63) is 48.0 Å². The van der Waals surface area contributed by atoms with Gasteiger partial charge in [-0.25, -0.2) is 4.98 Å². The third kappa shape index (κ3) is 2.71. The molecular formula is C16H23N3. The SMILES string of the molecule is CCc1ccccc1-n1cncc1C(CN)C(C)C. The Hall–Kier alpha value is -1.61. The highest BCUT2D eigenvalue weighted by Gasteiger charge is 2.19. The molecule has 0 saturated carbocycles. The molecule has 1 unspecified atom stereocenters. The van der Waals surface area contributed by atoms with E-state index in [0.717, 1.165) is 6.42 Å². The predicted octanol–water partition coefficient (Wildman–Crippen LogP) is 3.13. The minimum atomic E-state index is 0.340. The largest absolute Gasteiger partial charge is 0.330 e. The summed E-state index contributed by atoms with van der Waals surface area (Å²) < 4.78 is 2.19. The Bertz CT molecular complexity index is 528. The molecule has 0 aliphatic carbocycles. The molecule has 0 spiro atoms. The van der Waals surface area contributed by atoms with E-state index in [2.05, 4.69) is 54.6 Å². The first-order valence-electron chi connectivity index (χ1n) is 6.99. The highest BCUT2D eigenvalue weighted by molar-refractivity contribution is 5.42. The minimum absolute atomic E-state index is 0.340. The molecule has 0 aliphatic rings. The summed E-state index contributed by atoms with van der Waals surface area (Å²) >= 11 is 0. The Morgan fingerprint density at radius 3 is 2.63 bits per heavy atom. The van der Waals surface area contributed by atoms with Crippen LogP contribution < -0.4 is 5.73 Å². The maximum Gasteiger partial charge on any atom is 0.0994 e. The number of nitrogens with two attached hydrogens (primary N) is 1. The summed E-state index contributed by atoms with van der Waals surface area (Å²) in [6, 6.07) is 8.48. The molecule has 0 fully saturated rings. The fourth-order valence-electron chi connectivity index (χ4n) is 2.56. The fraction of sp³-hybridized carbons (Fsp3) is 0.438. The van der Waals surface area contributed by atoms with Crippen LogP contribution in [0.25, 0.3) is 5.69 Å². The van der Waals surface area contributed by atoms with Gasteiger partial charge in [-0.3, -0.25) is 0 Å². The monoisotopic (exact) mass is 257 g/mol. The molecule has 2 aromatic rings. The number of nitrogens with zero attached hydrogens (tertiary/aromatic N) is 2. The molecule has 0 radical (unpaired) electrons. The van der Waals surface area contributed by atoms with Crippen molar-refractivity contribution in [3.63, 3.8) is 0 Å². The van der Waals surface area contributed by atoms with Crippen LogP contribution in [0, 0.1) is 5.92 Å². The molecule has 3 nitrogen and oxygen atoms in total. The second-order valence-electron chi connectivity index (χ2n) is 5.26. The molecular weight excluding hydrogens is 234 g/mol. The van der Waals surface area contributed by atoms with Gasteiger partial charge in [-0.05, 0) is 24.0 Å². The number of para-hydroxylation sites is 1. The van der Waals surface area contributed by atoms with Crippen molar-refractivity contribution in [3.8, 4) is 5.69 Å². The van der Waals surface area contributed by atoms with E-state index in [1.807, 2.05) is 12.5 Å². The zero-order valence-corrected chi connectivity index (χ0v) is 12.0. The third-order valence-corrected chi connectivity index (χ3v) is 3.74. The van der Waals surface area contributed by atoms with Crippen LogP contribution >= 0.6 is 0 Å². The smallest absolute Gasteiger partial charge is 0.0994 e. The van der Waals surface area contributed by atoms with Gasteiger partial charge in [0.15, 0.2) is 0 Å². The second kappa shape index (κ2) is 6.02. The Labute approximate surface area is 115 Å². The summed E-state index contributed by atoms with van der Waals surface area (Å²) in [7, 11) is 0. The molecule has 3 heteroatoms. The van der Waals surface area contributed by atoms with Crippen molar-refractivity contribution in [2.75, 3.05) is 6.54 Å². The number of imidazole rings is 1. The van der Waals surface area contributed by atoms with Gasteiger partial charge in [-0.1, -0.05) is 39.0 Å². The van der Waals surface area contributed by atoms with Crippen molar-refractivity contribution in [1.82, 2.24) is 9.55 Å². The van der Waals surface area contributed by atoms with Crippen molar-refractivity contribution >= 4 is 0 Å². The van der Waals surface area contributed by atoms with Gasteiger partial charge in [-0.15, -0.1) is 0 Å². The number of aryl methyl sites for hydroxylation is 1. The molecule has 2 N–H and O–H groups in total. The molecule has 1 heterocycles. The summed E-state index contributed by atoms with van der Waals surface area (Å²) in [5.41, 5.74) is 9.70. The summed E-state index contributed by atoms with van der Waals surface area (Å²) in [5, 5.41) is 0. The first-order valence-corrected chi connectivity index (χ1v) is 6.99. The second-order valence-corrected chi connectivity index (χ2v) is 5.26. The van der Waals surface area contributed by atoms with Gasteiger partial charge in [0, 0.05) is 30.0 Å². The first-order chi connectivity index (χ1) is 9.19. The van der Waals surface area contributed by atoms with E-state index in [-0.39, 0.29) is 0 Å². The summed E-state index contributed by atoms with van der Waals surface area (Å²) in [6.45, 7) is 7.25. The highest BCUT2D eigenvalue weighted by Crippen LogP contribution is 2.26. The Kier molecular flexibility index (Phi) is 4.38. The van der Waals surface area contributed by atoms with E-state index in [9.17, 15) is 0 Å². The van der Waals surface area contributed by atoms with E-state index in [1.54, 1.807) is 0 Å². The molecule has 0 saturated heterocycles.